The number of carbonyl (C=O) groups is 2. The van der Waals surface area contributed by atoms with E-state index in [1.807, 2.05) is 66.7 Å². The van der Waals surface area contributed by atoms with E-state index in [4.69, 9.17) is 0 Å². The molecule has 5 nitrogen and oxygen atoms in total. The first-order chi connectivity index (χ1) is 12.6. The van der Waals surface area contributed by atoms with E-state index in [0.717, 1.165) is 16.1 Å². The van der Waals surface area contributed by atoms with Crippen LogP contribution in [0.4, 0.5) is 4.79 Å². The van der Waals surface area contributed by atoms with E-state index in [-0.39, 0.29) is 5.91 Å². The lowest BCUT2D eigenvalue weighted by atomic mass is 9.93. The lowest BCUT2D eigenvalue weighted by molar-refractivity contribution is -0.130. The predicted molar refractivity (Wildman–Crippen MR) is 103 cm³/mol. The second kappa shape index (κ2) is 7.78. The van der Waals surface area contributed by atoms with Gasteiger partial charge in [-0.3, -0.25) is 4.79 Å². The van der Waals surface area contributed by atoms with Crippen molar-refractivity contribution in [3.63, 3.8) is 0 Å². The second-order valence-electron chi connectivity index (χ2n) is 6.40. The van der Waals surface area contributed by atoms with Crippen molar-refractivity contribution in [3.8, 4) is 0 Å². The monoisotopic (exact) mass is 347 g/mol. The number of nitrogens with zero attached hydrogens (tertiary/aromatic N) is 2. The molecule has 1 heterocycles. The van der Waals surface area contributed by atoms with Gasteiger partial charge in [-0.2, -0.15) is 5.10 Å². The smallest absolute Gasteiger partial charge is 0.322 e. The third-order valence-electron chi connectivity index (χ3n) is 4.35. The Bertz CT molecular complexity index is 831. The Morgan fingerprint density at radius 2 is 1.69 bits per heavy atom. The highest BCUT2D eigenvalue weighted by molar-refractivity contribution is 6.07. The topological polar surface area (TPSA) is 61.8 Å². The van der Waals surface area contributed by atoms with E-state index in [1.54, 1.807) is 13.0 Å². The maximum Gasteiger partial charge on any atom is 0.346 e. The molecule has 0 bridgehead atoms. The van der Waals surface area contributed by atoms with Gasteiger partial charge in [0.1, 0.15) is 5.54 Å². The number of nitrogens with one attached hydrogen (secondary N) is 1. The number of carbonyl (C=O) groups excluding carboxylic acids is 2. The van der Waals surface area contributed by atoms with Crippen molar-refractivity contribution in [3.05, 3.63) is 77.9 Å². The van der Waals surface area contributed by atoms with Gasteiger partial charge in [0.15, 0.2) is 0 Å². The van der Waals surface area contributed by atoms with E-state index in [9.17, 15) is 9.59 Å². The van der Waals surface area contributed by atoms with Crippen LogP contribution in [0.1, 0.15) is 24.5 Å². The van der Waals surface area contributed by atoms with Gasteiger partial charge in [0.25, 0.3) is 5.91 Å². The minimum absolute atomic E-state index is 0.331. The Hall–Kier alpha value is -3.21. The summed E-state index contributed by atoms with van der Waals surface area (Å²) >= 11 is 0. The molecule has 132 valence electrons. The average Bonchev–Trinajstić information content (AvgIpc) is 2.88. The normalized spacial score (nSPS) is 20.3. The van der Waals surface area contributed by atoms with Gasteiger partial charge < -0.3 is 5.32 Å². The van der Waals surface area contributed by atoms with Crippen LogP contribution in [0, 0.1) is 0 Å². The molecule has 1 saturated heterocycles. The van der Waals surface area contributed by atoms with Crippen molar-refractivity contribution in [1.82, 2.24) is 10.3 Å². The molecule has 5 heteroatoms. The second-order valence-corrected chi connectivity index (χ2v) is 6.40. The summed E-state index contributed by atoms with van der Waals surface area (Å²) < 4.78 is 0. The van der Waals surface area contributed by atoms with Crippen molar-refractivity contribution in [2.45, 2.75) is 25.3 Å². The van der Waals surface area contributed by atoms with Crippen molar-refractivity contribution in [1.29, 1.82) is 0 Å². The number of allylic oxidation sites excluding steroid dienone is 1. The summed E-state index contributed by atoms with van der Waals surface area (Å²) in [5.41, 5.74) is 1.21. The number of imide groups is 1. The first-order valence-corrected chi connectivity index (χ1v) is 8.55. The molecule has 3 rings (SSSR count). The van der Waals surface area contributed by atoms with Crippen LogP contribution in [0.5, 0.6) is 0 Å². The third kappa shape index (κ3) is 4.06. The van der Waals surface area contributed by atoms with Crippen LogP contribution in [0.2, 0.25) is 0 Å². The molecule has 1 aliphatic heterocycles. The number of benzene rings is 2. The SMILES string of the molecule is C[C@@]1(CCc2ccccc2)NC(=O)N(/N=C\C=C\c2ccccc2)C1=O. The first-order valence-electron chi connectivity index (χ1n) is 8.55. The first kappa shape index (κ1) is 17.6. The summed E-state index contributed by atoms with van der Waals surface area (Å²) in [4.78, 5) is 24.8. The van der Waals surface area contributed by atoms with Crippen molar-refractivity contribution >= 4 is 24.2 Å². The number of hydrogen-bond donors (Lipinski definition) is 1. The van der Waals surface area contributed by atoms with Crippen LogP contribution in [-0.2, 0) is 11.2 Å². The minimum atomic E-state index is -0.937. The predicted octanol–water partition coefficient (Wildman–Crippen LogP) is 3.63. The number of hydrazone groups is 1. The maximum atomic E-state index is 12.6. The Labute approximate surface area is 153 Å². The number of amides is 3. The molecule has 1 aliphatic rings. The van der Waals surface area contributed by atoms with Crippen LogP contribution in [-0.4, -0.2) is 28.7 Å². The third-order valence-corrected chi connectivity index (χ3v) is 4.35. The molecule has 26 heavy (non-hydrogen) atoms. The highest BCUT2D eigenvalue weighted by atomic mass is 16.2. The molecule has 3 amide bonds. The molecule has 1 fully saturated rings. The van der Waals surface area contributed by atoms with E-state index in [2.05, 4.69) is 10.4 Å². The number of rotatable bonds is 6. The summed E-state index contributed by atoms with van der Waals surface area (Å²) in [5.74, 6) is -0.331. The van der Waals surface area contributed by atoms with Crippen molar-refractivity contribution < 1.29 is 9.59 Å². The molecule has 2 aromatic carbocycles. The van der Waals surface area contributed by atoms with Crippen LogP contribution >= 0.6 is 0 Å². The Balaban J connectivity index is 1.62. The van der Waals surface area contributed by atoms with Gasteiger partial charge in [-0.1, -0.05) is 66.7 Å². The van der Waals surface area contributed by atoms with Gasteiger partial charge in [0.05, 0.1) is 0 Å². The van der Waals surface area contributed by atoms with Crippen LogP contribution < -0.4 is 5.32 Å². The molecule has 0 saturated carbocycles. The molecule has 1 N–H and O–H groups in total. The molecule has 1 atom stereocenters. The summed E-state index contributed by atoms with van der Waals surface area (Å²) in [7, 11) is 0. The zero-order valence-corrected chi connectivity index (χ0v) is 14.6. The van der Waals surface area contributed by atoms with E-state index >= 15 is 0 Å². The summed E-state index contributed by atoms with van der Waals surface area (Å²) in [6, 6.07) is 19.1. The zero-order chi connectivity index (χ0) is 18.4. The van der Waals surface area contributed by atoms with Crippen LogP contribution in [0.25, 0.3) is 6.08 Å². The Morgan fingerprint density at radius 1 is 1.04 bits per heavy atom. The van der Waals surface area contributed by atoms with Crippen molar-refractivity contribution in [2.24, 2.45) is 5.10 Å². The summed E-state index contributed by atoms with van der Waals surface area (Å²) in [6.45, 7) is 1.74. The van der Waals surface area contributed by atoms with Gasteiger partial charge in [-0.05, 0) is 37.0 Å². The van der Waals surface area contributed by atoms with E-state index in [1.165, 1.54) is 6.21 Å². The lowest BCUT2D eigenvalue weighted by Gasteiger charge is -2.20. The lowest BCUT2D eigenvalue weighted by Crippen LogP contribution is -2.44. The number of hydrogen-bond acceptors (Lipinski definition) is 3. The summed E-state index contributed by atoms with van der Waals surface area (Å²) in [6.07, 6.45) is 6.24. The molecule has 0 radical (unpaired) electrons. The van der Waals surface area contributed by atoms with Crippen LogP contribution in [0.3, 0.4) is 0 Å². The minimum Gasteiger partial charge on any atom is -0.322 e. The quantitative estimate of drug-likeness (QED) is 0.641. The van der Waals surface area contributed by atoms with Gasteiger partial charge >= 0.3 is 6.03 Å². The molecule has 0 aromatic heterocycles. The Kier molecular flexibility index (Phi) is 5.27. The van der Waals surface area contributed by atoms with Crippen LogP contribution in [0.15, 0.2) is 71.8 Å². The standard InChI is InChI=1S/C21H21N3O2/c1-21(15-14-18-11-6-3-7-12-18)19(25)24(20(26)23-21)22-16-8-13-17-9-4-2-5-10-17/h2-13,16H,14-15H2,1H3,(H,23,26)/b13-8+,22-16-/t21-/m0/s1. The fourth-order valence-corrected chi connectivity index (χ4v) is 2.81. The fourth-order valence-electron chi connectivity index (χ4n) is 2.81. The number of urea groups is 1. The van der Waals surface area contributed by atoms with Gasteiger partial charge in [0, 0.05) is 6.21 Å². The Morgan fingerprint density at radius 3 is 2.38 bits per heavy atom. The van der Waals surface area contributed by atoms with E-state index in [0.29, 0.717) is 12.8 Å². The molecule has 2 aromatic rings. The van der Waals surface area contributed by atoms with Gasteiger partial charge in [0.2, 0.25) is 0 Å². The highest BCUT2D eigenvalue weighted by Gasteiger charge is 2.47. The van der Waals surface area contributed by atoms with Gasteiger partial charge in [-0.25, -0.2) is 4.79 Å². The zero-order valence-electron chi connectivity index (χ0n) is 14.6. The highest BCUT2D eigenvalue weighted by Crippen LogP contribution is 2.23. The molecule has 0 aliphatic carbocycles. The molecule has 0 spiro atoms. The molecular weight excluding hydrogens is 326 g/mol. The number of aryl methyl sites for hydroxylation is 1. The largest absolute Gasteiger partial charge is 0.346 e. The van der Waals surface area contributed by atoms with E-state index < -0.39 is 11.6 Å². The maximum absolute atomic E-state index is 12.6. The average molecular weight is 347 g/mol. The van der Waals surface area contributed by atoms with Crippen molar-refractivity contribution in [2.75, 3.05) is 0 Å². The molecule has 0 unspecified atom stereocenters. The molecular formula is C21H21N3O2. The summed E-state index contributed by atoms with van der Waals surface area (Å²) in [5, 5.41) is 7.67. The van der Waals surface area contributed by atoms with Gasteiger partial charge in [-0.15, -0.1) is 5.01 Å². The fraction of sp³-hybridized carbons (Fsp3) is 0.190.